The molecule has 50 heavy (non-hydrogen) atoms. The normalized spacial score (nSPS) is 26.6. The molecule has 8 heteroatoms. The third-order valence-corrected chi connectivity index (χ3v) is 12.4. The molecule has 3 aromatic carbocycles. The van der Waals surface area contributed by atoms with E-state index in [0.717, 1.165) is 54.0 Å². The molecule has 3 aromatic rings. The fraction of sp³-hybridized carbons (Fsp3) is 0.500. The molecule has 0 aliphatic heterocycles. The van der Waals surface area contributed by atoms with Crippen LogP contribution in [0.2, 0.25) is 0 Å². The van der Waals surface area contributed by atoms with Crippen LogP contribution in [0.5, 0.6) is 5.75 Å². The Kier molecular flexibility index (Phi) is 9.48. The average molecular weight is 681 g/mol. The number of halogens is 1. The van der Waals surface area contributed by atoms with Gasteiger partial charge in [-0.1, -0.05) is 67.5 Å². The average Bonchev–Trinajstić information content (AvgIpc) is 3.72. The third kappa shape index (κ3) is 6.78. The van der Waals surface area contributed by atoms with Crippen molar-refractivity contribution in [2.45, 2.75) is 90.7 Å². The zero-order valence-corrected chi connectivity index (χ0v) is 29.5. The van der Waals surface area contributed by atoms with Gasteiger partial charge in [-0.25, -0.2) is 4.39 Å². The van der Waals surface area contributed by atoms with E-state index >= 15 is 4.39 Å². The van der Waals surface area contributed by atoms with Crippen LogP contribution >= 0.6 is 0 Å². The number of hydrogen-bond acceptors (Lipinski definition) is 5. The first-order valence-electron chi connectivity index (χ1n) is 18.4. The summed E-state index contributed by atoms with van der Waals surface area (Å²) in [7, 11) is 1.43. The predicted octanol–water partition coefficient (Wildman–Crippen LogP) is 8.15. The van der Waals surface area contributed by atoms with Gasteiger partial charge in [0.2, 0.25) is 5.91 Å². The topological polar surface area (TPSA) is 93.7 Å². The number of carbonyl (C=O) groups excluding carboxylic acids is 3. The van der Waals surface area contributed by atoms with Gasteiger partial charge in [0.05, 0.1) is 24.0 Å². The molecule has 0 saturated heterocycles. The third-order valence-electron chi connectivity index (χ3n) is 12.4. The van der Waals surface area contributed by atoms with Crippen LogP contribution in [-0.2, 0) is 20.9 Å². The highest BCUT2D eigenvalue weighted by molar-refractivity contribution is 5.98. The smallest absolute Gasteiger partial charge is 0.312 e. The summed E-state index contributed by atoms with van der Waals surface area (Å²) in [6.07, 6.45) is 10.6. The number of rotatable bonds is 10. The Morgan fingerprint density at radius 3 is 2.44 bits per heavy atom. The molecule has 0 heterocycles. The zero-order valence-electron chi connectivity index (χ0n) is 29.5. The van der Waals surface area contributed by atoms with Gasteiger partial charge < -0.3 is 20.1 Å². The molecule has 7 rings (SSSR count). The minimum atomic E-state index is -0.634. The summed E-state index contributed by atoms with van der Waals surface area (Å²) in [6.45, 7) is 5.06. The van der Waals surface area contributed by atoms with E-state index in [1.54, 1.807) is 12.1 Å². The lowest BCUT2D eigenvalue weighted by molar-refractivity contribution is -0.157. The van der Waals surface area contributed by atoms with E-state index in [1.165, 1.54) is 19.6 Å². The molecule has 2 amide bonds. The van der Waals surface area contributed by atoms with Crippen LogP contribution in [0.25, 0.3) is 16.8 Å². The van der Waals surface area contributed by atoms with Crippen molar-refractivity contribution in [3.63, 3.8) is 0 Å². The number of amides is 2. The number of methoxy groups -OCH3 is 1. The summed E-state index contributed by atoms with van der Waals surface area (Å²) in [4.78, 5) is 40.6. The highest BCUT2D eigenvalue weighted by atomic mass is 19.1. The maximum Gasteiger partial charge on any atom is 0.312 e. The van der Waals surface area contributed by atoms with E-state index in [9.17, 15) is 14.4 Å². The van der Waals surface area contributed by atoms with Crippen LogP contribution in [0.1, 0.15) is 99.5 Å². The highest BCUT2D eigenvalue weighted by Gasteiger charge is 2.51. The fourth-order valence-corrected chi connectivity index (χ4v) is 8.94. The van der Waals surface area contributed by atoms with Crippen molar-refractivity contribution < 1.29 is 28.2 Å². The van der Waals surface area contributed by atoms with Gasteiger partial charge in [0, 0.05) is 24.2 Å². The molecule has 0 unspecified atom stereocenters. The quantitative estimate of drug-likeness (QED) is 0.211. The number of nitrogens with one attached hydrogen (secondary N) is 2. The van der Waals surface area contributed by atoms with Gasteiger partial charge in [-0.3, -0.25) is 14.4 Å². The van der Waals surface area contributed by atoms with E-state index in [2.05, 4.69) is 17.6 Å². The number of ether oxygens (including phenoxy) is 2. The molecule has 2 N–H and O–H groups in total. The Balaban J connectivity index is 1.01. The van der Waals surface area contributed by atoms with Gasteiger partial charge in [-0.2, -0.15) is 0 Å². The maximum atomic E-state index is 15.4. The lowest BCUT2D eigenvalue weighted by atomic mass is 9.70. The summed E-state index contributed by atoms with van der Waals surface area (Å²) < 4.78 is 26.7. The highest BCUT2D eigenvalue weighted by Crippen LogP contribution is 2.49. The number of esters is 1. The van der Waals surface area contributed by atoms with Gasteiger partial charge in [-0.05, 0) is 104 Å². The molecular formula is C42H49FN2O5. The zero-order chi connectivity index (χ0) is 35.0. The van der Waals surface area contributed by atoms with Crippen molar-refractivity contribution in [3.8, 4) is 5.75 Å². The van der Waals surface area contributed by atoms with E-state index in [1.807, 2.05) is 49.4 Å². The van der Waals surface area contributed by atoms with E-state index in [4.69, 9.17) is 9.47 Å². The number of fused-ring (bicyclic) bond motifs is 3. The summed E-state index contributed by atoms with van der Waals surface area (Å²) in [5, 5.41) is 8.59. The van der Waals surface area contributed by atoms with Crippen molar-refractivity contribution in [1.29, 1.82) is 0 Å². The standard InChI is InChI=1S/C42H49FN2O5/c1-41(16-7-17-41)25-44-39(47)36-28-12-13-29(21-28)37(36)45-38(46)33-22-31(34(43)23-35(33)49-3)20-26-14-18-42(2,19-15-26)40(48)50-24-30-10-6-9-27-8-4-5-11-32(27)30/h4-6,8-11,20,22-23,28-29,36-37H,7,12-19,21,24-25H2,1-3H3,(H,44,47)(H,45,46)/t28-,29+,36+,37-,42?/m1/s1. The van der Waals surface area contributed by atoms with Crippen LogP contribution in [0, 0.1) is 34.4 Å². The van der Waals surface area contributed by atoms with Crippen LogP contribution in [0.15, 0.2) is 60.2 Å². The van der Waals surface area contributed by atoms with Gasteiger partial charge in [0.1, 0.15) is 18.2 Å². The molecule has 2 bridgehead atoms. The molecule has 4 aliphatic carbocycles. The Hall–Kier alpha value is -4.20. The van der Waals surface area contributed by atoms with Crippen molar-refractivity contribution in [1.82, 2.24) is 10.6 Å². The molecule has 4 fully saturated rings. The number of carbonyl (C=O) groups is 3. The van der Waals surface area contributed by atoms with Crippen molar-refractivity contribution in [2.75, 3.05) is 13.7 Å². The van der Waals surface area contributed by atoms with Crippen molar-refractivity contribution in [2.24, 2.45) is 28.6 Å². The minimum Gasteiger partial charge on any atom is -0.496 e. The minimum absolute atomic E-state index is 0.0360. The second kappa shape index (κ2) is 13.8. The van der Waals surface area contributed by atoms with Crippen LogP contribution in [0.3, 0.4) is 0 Å². The van der Waals surface area contributed by atoms with Crippen molar-refractivity contribution in [3.05, 3.63) is 82.7 Å². The van der Waals surface area contributed by atoms with E-state index in [-0.39, 0.29) is 64.9 Å². The summed E-state index contributed by atoms with van der Waals surface area (Å²) >= 11 is 0. The number of benzene rings is 3. The van der Waals surface area contributed by atoms with Gasteiger partial charge in [0.15, 0.2) is 0 Å². The number of hydrogen-bond donors (Lipinski definition) is 2. The molecule has 4 atom stereocenters. The summed E-state index contributed by atoms with van der Waals surface area (Å²) in [6, 6.07) is 16.6. The molecule has 7 nitrogen and oxygen atoms in total. The number of allylic oxidation sites excluding steroid dienone is 1. The molecular weight excluding hydrogens is 631 g/mol. The SMILES string of the molecule is COc1cc(F)c(C=C2CCC(C)(C(=O)OCc3cccc4ccccc34)CC2)cc1C(=O)N[C@@H]1[C@H]2CC[C@H](C2)[C@@H]1C(=O)NCC1(C)CCC1. The Bertz CT molecular complexity index is 1810. The second-order valence-electron chi connectivity index (χ2n) is 15.9. The van der Waals surface area contributed by atoms with Crippen molar-refractivity contribution >= 4 is 34.6 Å². The molecule has 0 spiro atoms. The van der Waals surface area contributed by atoms with Gasteiger partial charge in [-0.15, -0.1) is 0 Å². The first kappa shape index (κ1) is 34.3. The monoisotopic (exact) mass is 680 g/mol. The van der Waals surface area contributed by atoms with Gasteiger partial charge in [0.25, 0.3) is 5.91 Å². The molecule has 0 aromatic heterocycles. The molecule has 0 radical (unpaired) electrons. The van der Waals surface area contributed by atoms with Crippen LogP contribution < -0.4 is 15.4 Å². The Morgan fingerprint density at radius 1 is 0.960 bits per heavy atom. The first-order chi connectivity index (χ1) is 24.1. The maximum absolute atomic E-state index is 15.4. The van der Waals surface area contributed by atoms with E-state index in [0.29, 0.717) is 37.8 Å². The van der Waals surface area contributed by atoms with E-state index < -0.39 is 11.2 Å². The van der Waals surface area contributed by atoms with Crippen LogP contribution in [-0.4, -0.2) is 37.5 Å². The lowest BCUT2D eigenvalue weighted by Gasteiger charge is -2.39. The molecule has 264 valence electrons. The Morgan fingerprint density at radius 2 is 1.70 bits per heavy atom. The largest absolute Gasteiger partial charge is 0.496 e. The van der Waals surface area contributed by atoms with Gasteiger partial charge >= 0.3 is 5.97 Å². The molecule has 4 saturated carbocycles. The molecule has 4 aliphatic rings. The Labute approximate surface area is 294 Å². The first-order valence-corrected chi connectivity index (χ1v) is 18.4. The fourth-order valence-electron chi connectivity index (χ4n) is 8.94. The van der Waals surface area contributed by atoms with Crippen LogP contribution in [0.4, 0.5) is 4.39 Å². The predicted molar refractivity (Wildman–Crippen MR) is 192 cm³/mol. The lowest BCUT2D eigenvalue weighted by Crippen LogP contribution is -2.51. The second-order valence-corrected chi connectivity index (χ2v) is 15.9. The summed E-state index contributed by atoms with van der Waals surface area (Å²) in [5.41, 5.74) is 2.10. The summed E-state index contributed by atoms with van der Waals surface area (Å²) in [5.74, 6) is -0.593.